The predicted octanol–water partition coefficient (Wildman–Crippen LogP) is 2.27. The Morgan fingerprint density at radius 2 is 2.46 bits per heavy atom. The maximum atomic E-state index is 9.47. The number of aliphatic hydroxyl groups excluding tert-OH is 1. The molecule has 13 heavy (non-hydrogen) atoms. The van der Waals surface area contributed by atoms with Crippen molar-refractivity contribution in [1.82, 2.24) is 0 Å². The molecule has 72 valence electrons. The van der Waals surface area contributed by atoms with Gasteiger partial charge in [0.15, 0.2) is 0 Å². The first-order valence-corrected chi connectivity index (χ1v) is 5.48. The lowest BCUT2D eigenvalue weighted by Crippen LogP contribution is -2.22. The van der Waals surface area contributed by atoms with Gasteiger partial charge in [0.25, 0.3) is 0 Å². The Morgan fingerprint density at radius 1 is 1.62 bits per heavy atom. The fourth-order valence-corrected chi connectivity index (χ4v) is 2.56. The van der Waals surface area contributed by atoms with Crippen LogP contribution >= 0.6 is 11.3 Å². The molecule has 2 unspecified atom stereocenters. The minimum atomic E-state index is -0.179. The van der Waals surface area contributed by atoms with E-state index in [2.05, 4.69) is 18.4 Å². The van der Waals surface area contributed by atoms with Crippen LogP contribution in [-0.4, -0.2) is 17.8 Å². The number of rotatable bonds is 1. The number of aliphatic hydroxyl groups is 1. The van der Waals surface area contributed by atoms with Gasteiger partial charge in [-0.3, -0.25) is 0 Å². The van der Waals surface area contributed by atoms with Crippen LogP contribution in [0.5, 0.6) is 0 Å². The highest BCUT2D eigenvalue weighted by Gasteiger charge is 2.22. The first kappa shape index (κ1) is 9.19. The van der Waals surface area contributed by atoms with Crippen molar-refractivity contribution in [3.05, 3.63) is 21.9 Å². The molecule has 2 nitrogen and oxygen atoms in total. The molecule has 3 heteroatoms. The fraction of sp³-hybridized carbons (Fsp3) is 0.600. The van der Waals surface area contributed by atoms with Crippen LogP contribution in [0.3, 0.4) is 0 Å². The highest BCUT2D eigenvalue weighted by atomic mass is 32.1. The van der Waals surface area contributed by atoms with Crippen LogP contribution in [0.2, 0.25) is 0 Å². The third kappa shape index (κ3) is 2.10. The molecule has 0 radical (unpaired) electrons. The summed E-state index contributed by atoms with van der Waals surface area (Å²) in [6, 6.07) is 2.15. The molecular weight excluding hydrogens is 184 g/mol. The van der Waals surface area contributed by atoms with E-state index in [1.807, 2.05) is 0 Å². The Hall–Kier alpha value is -0.380. The largest absolute Gasteiger partial charge is 0.393 e. The molecule has 2 heterocycles. The number of ether oxygens (including phenoxy) is 1. The zero-order chi connectivity index (χ0) is 9.26. The SMILES string of the molecule is Cc1csc(C2CC(O)CCO2)c1. The predicted molar refractivity (Wildman–Crippen MR) is 53.0 cm³/mol. The summed E-state index contributed by atoms with van der Waals surface area (Å²) in [4.78, 5) is 1.25. The lowest BCUT2D eigenvalue weighted by atomic mass is 10.0. The zero-order valence-electron chi connectivity index (χ0n) is 7.69. The third-order valence-electron chi connectivity index (χ3n) is 2.32. The van der Waals surface area contributed by atoms with Crippen LogP contribution in [0.15, 0.2) is 11.4 Å². The van der Waals surface area contributed by atoms with Crippen molar-refractivity contribution in [2.45, 2.75) is 32.0 Å². The highest BCUT2D eigenvalue weighted by Crippen LogP contribution is 2.31. The van der Waals surface area contributed by atoms with Gasteiger partial charge in [-0.05, 0) is 30.4 Å². The zero-order valence-corrected chi connectivity index (χ0v) is 8.51. The molecule has 1 saturated heterocycles. The van der Waals surface area contributed by atoms with Crippen LogP contribution in [0.4, 0.5) is 0 Å². The molecule has 0 spiro atoms. The number of hydrogen-bond donors (Lipinski definition) is 1. The van der Waals surface area contributed by atoms with E-state index in [4.69, 9.17) is 4.74 Å². The van der Waals surface area contributed by atoms with Gasteiger partial charge in [0.1, 0.15) is 0 Å². The van der Waals surface area contributed by atoms with E-state index in [0.29, 0.717) is 6.61 Å². The van der Waals surface area contributed by atoms with Crippen molar-refractivity contribution in [3.63, 3.8) is 0 Å². The Labute approximate surface area is 82.2 Å². The van der Waals surface area contributed by atoms with Crippen molar-refractivity contribution in [2.24, 2.45) is 0 Å². The summed E-state index contributed by atoms with van der Waals surface area (Å²) >= 11 is 1.72. The summed E-state index contributed by atoms with van der Waals surface area (Å²) in [6.07, 6.45) is 1.48. The van der Waals surface area contributed by atoms with Gasteiger partial charge in [-0.25, -0.2) is 0 Å². The van der Waals surface area contributed by atoms with Gasteiger partial charge in [-0.2, -0.15) is 0 Å². The topological polar surface area (TPSA) is 29.5 Å². The first-order valence-electron chi connectivity index (χ1n) is 4.60. The van der Waals surface area contributed by atoms with E-state index in [1.165, 1.54) is 10.4 Å². The van der Waals surface area contributed by atoms with E-state index in [1.54, 1.807) is 11.3 Å². The molecule has 0 aromatic carbocycles. The van der Waals surface area contributed by atoms with Crippen LogP contribution in [0.1, 0.15) is 29.4 Å². The van der Waals surface area contributed by atoms with E-state index in [9.17, 15) is 5.11 Å². The van der Waals surface area contributed by atoms with E-state index < -0.39 is 0 Å². The second-order valence-corrected chi connectivity index (χ2v) is 4.51. The lowest BCUT2D eigenvalue weighted by Gasteiger charge is -2.25. The Morgan fingerprint density at radius 3 is 3.08 bits per heavy atom. The molecule has 1 aromatic rings. The average Bonchev–Trinajstić information content (AvgIpc) is 2.52. The summed E-state index contributed by atoms with van der Waals surface area (Å²) in [7, 11) is 0. The molecule has 2 atom stereocenters. The van der Waals surface area contributed by atoms with Crippen molar-refractivity contribution in [2.75, 3.05) is 6.61 Å². The fourth-order valence-electron chi connectivity index (χ4n) is 1.60. The summed E-state index contributed by atoms with van der Waals surface area (Å²) in [5.41, 5.74) is 1.28. The minimum Gasteiger partial charge on any atom is -0.393 e. The monoisotopic (exact) mass is 198 g/mol. The normalized spacial score (nSPS) is 29.1. The van der Waals surface area contributed by atoms with Crippen molar-refractivity contribution < 1.29 is 9.84 Å². The second kappa shape index (κ2) is 3.78. The smallest absolute Gasteiger partial charge is 0.0941 e. The van der Waals surface area contributed by atoms with Gasteiger partial charge in [-0.15, -0.1) is 11.3 Å². The van der Waals surface area contributed by atoms with Gasteiger partial charge in [0.2, 0.25) is 0 Å². The Kier molecular flexibility index (Phi) is 2.67. The lowest BCUT2D eigenvalue weighted by molar-refractivity contribution is -0.0431. The molecule has 2 rings (SSSR count). The summed E-state index contributed by atoms with van der Waals surface area (Å²) in [6.45, 7) is 2.77. The molecule has 1 aliphatic heterocycles. The van der Waals surface area contributed by atoms with Crippen LogP contribution in [0, 0.1) is 6.92 Å². The summed E-state index contributed by atoms with van der Waals surface area (Å²) in [5, 5.41) is 11.6. The maximum Gasteiger partial charge on any atom is 0.0941 e. The van der Waals surface area contributed by atoms with Crippen LogP contribution in [0.25, 0.3) is 0 Å². The first-order chi connectivity index (χ1) is 6.25. The maximum absolute atomic E-state index is 9.47. The van der Waals surface area contributed by atoms with E-state index >= 15 is 0 Å². The highest BCUT2D eigenvalue weighted by molar-refractivity contribution is 7.10. The molecule has 1 fully saturated rings. The molecule has 1 aromatic heterocycles. The number of thiophene rings is 1. The van der Waals surface area contributed by atoms with Crippen molar-refractivity contribution >= 4 is 11.3 Å². The molecule has 0 bridgehead atoms. The number of hydrogen-bond acceptors (Lipinski definition) is 3. The molecule has 0 amide bonds. The van der Waals surface area contributed by atoms with Gasteiger partial charge in [0.05, 0.1) is 12.2 Å². The van der Waals surface area contributed by atoms with Gasteiger partial charge in [-0.1, -0.05) is 0 Å². The third-order valence-corrected chi connectivity index (χ3v) is 3.47. The van der Waals surface area contributed by atoms with Crippen LogP contribution in [-0.2, 0) is 4.74 Å². The molecule has 0 aliphatic carbocycles. The standard InChI is InChI=1S/C10H14O2S/c1-7-4-10(13-6-7)9-5-8(11)2-3-12-9/h4,6,8-9,11H,2-3,5H2,1H3. The van der Waals surface area contributed by atoms with E-state index in [0.717, 1.165) is 12.8 Å². The Bertz CT molecular complexity index is 282. The molecule has 1 aliphatic rings. The number of aryl methyl sites for hydroxylation is 1. The van der Waals surface area contributed by atoms with Crippen molar-refractivity contribution in [1.29, 1.82) is 0 Å². The van der Waals surface area contributed by atoms with Crippen LogP contribution < -0.4 is 0 Å². The molecular formula is C10H14O2S. The second-order valence-electron chi connectivity index (χ2n) is 3.56. The average molecular weight is 198 g/mol. The molecule has 1 N–H and O–H groups in total. The van der Waals surface area contributed by atoms with E-state index in [-0.39, 0.29) is 12.2 Å². The molecule has 0 saturated carbocycles. The van der Waals surface area contributed by atoms with Gasteiger partial charge in [0, 0.05) is 17.9 Å². The summed E-state index contributed by atoms with van der Waals surface area (Å²) in [5.74, 6) is 0. The van der Waals surface area contributed by atoms with Crippen molar-refractivity contribution in [3.8, 4) is 0 Å². The summed E-state index contributed by atoms with van der Waals surface area (Å²) < 4.78 is 5.60. The minimum absolute atomic E-state index is 0.127. The van der Waals surface area contributed by atoms with Gasteiger partial charge < -0.3 is 9.84 Å². The quantitative estimate of drug-likeness (QED) is 0.750. The Balaban J connectivity index is 2.08. The van der Waals surface area contributed by atoms with Gasteiger partial charge >= 0.3 is 0 Å².